The first-order chi connectivity index (χ1) is 13.1. The molecular formula is C19H19N3O3S2. The summed E-state index contributed by atoms with van der Waals surface area (Å²) in [5.41, 5.74) is 4.42. The number of carbonyl (C=O) groups excluding carboxylic acids is 1. The van der Waals surface area contributed by atoms with E-state index in [1.54, 1.807) is 5.51 Å². The van der Waals surface area contributed by atoms with Gasteiger partial charge in [0.05, 0.1) is 12.3 Å². The Labute approximate surface area is 165 Å². The molecule has 4 rings (SSSR count). The number of ether oxygens (including phenoxy) is 2. The Morgan fingerprint density at radius 3 is 2.93 bits per heavy atom. The van der Waals surface area contributed by atoms with Crippen LogP contribution >= 0.6 is 23.1 Å². The highest BCUT2D eigenvalue weighted by molar-refractivity contribution is 8.01. The fraction of sp³-hybridized carbons (Fsp3) is 0.316. The van der Waals surface area contributed by atoms with Crippen molar-refractivity contribution in [3.8, 4) is 11.5 Å². The smallest absolute Gasteiger partial charge is 0.174 e. The maximum Gasteiger partial charge on any atom is 0.174 e. The second kappa shape index (κ2) is 7.74. The molecule has 0 fully saturated rings. The number of carbonyl (C=O) groups is 1. The summed E-state index contributed by atoms with van der Waals surface area (Å²) in [5.74, 6) is 2.00. The summed E-state index contributed by atoms with van der Waals surface area (Å²) in [7, 11) is 0. The standard InChI is InChI=1S/C19H19N3O3S2/c1-12-7-15(16(23)10-26-19-21-20-11-27-19)13(2)22(12)8-14-9-24-17-5-3-4-6-18(17)25-14/h3-7,11,14H,8-10H2,1-2H3. The van der Waals surface area contributed by atoms with Gasteiger partial charge in [-0.15, -0.1) is 10.2 Å². The molecule has 0 spiro atoms. The molecule has 0 amide bonds. The number of rotatable bonds is 6. The first-order valence-electron chi connectivity index (χ1n) is 8.59. The summed E-state index contributed by atoms with van der Waals surface area (Å²) in [4.78, 5) is 12.6. The molecule has 3 heterocycles. The fourth-order valence-electron chi connectivity index (χ4n) is 3.15. The lowest BCUT2D eigenvalue weighted by Crippen LogP contribution is -2.33. The summed E-state index contributed by atoms with van der Waals surface area (Å²) >= 11 is 2.87. The molecule has 0 bridgehead atoms. The molecule has 8 heteroatoms. The summed E-state index contributed by atoms with van der Waals surface area (Å²) in [6.45, 7) is 5.12. The predicted molar refractivity (Wildman–Crippen MR) is 105 cm³/mol. The van der Waals surface area contributed by atoms with E-state index in [0.29, 0.717) is 18.9 Å². The van der Waals surface area contributed by atoms with Crippen LogP contribution in [0.25, 0.3) is 0 Å². The van der Waals surface area contributed by atoms with E-state index in [-0.39, 0.29) is 11.9 Å². The van der Waals surface area contributed by atoms with E-state index in [0.717, 1.165) is 32.8 Å². The predicted octanol–water partition coefficient (Wildman–Crippen LogP) is 3.77. The molecule has 1 aromatic carbocycles. The number of hydrogen-bond acceptors (Lipinski definition) is 7. The van der Waals surface area contributed by atoms with Crippen molar-refractivity contribution in [3.05, 3.63) is 52.8 Å². The van der Waals surface area contributed by atoms with Crippen LogP contribution in [0.2, 0.25) is 0 Å². The number of benzene rings is 1. The zero-order valence-electron chi connectivity index (χ0n) is 15.0. The molecule has 0 saturated heterocycles. The van der Waals surface area contributed by atoms with Crippen molar-refractivity contribution in [1.29, 1.82) is 0 Å². The average molecular weight is 402 g/mol. The van der Waals surface area contributed by atoms with Gasteiger partial charge < -0.3 is 14.0 Å². The number of thioether (sulfide) groups is 1. The first kappa shape index (κ1) is 18.1. The molecule has 1 aliphatic rings. The number of aromatic nitrogens is 3. The third-order valence-electron chi connectivity index (χ3n) is 4.49. The van der Waals surface area contributed by atoms with E-state index in [4.69, 9.17) is 9.47 Å². The van der Waals surface area contributed by atoms with E-state index >= 15 is 0 Å². The molecule has 0 aliphatic carbocycles. The third kappa shape index (κ3) is 3.86. The minimum atomic E-state index is -0.0941. The van der Waals surface area contributed by atoms with E-state index in [1.807, 2.05) is 44.2 Å². The third-order valence-corrected chi connectivity index (χ3v) is 6.35. The second-order valence-corrected chi connectivity index (χ2v) is 8.37. The molecule has 3 aromatic rings. The van der Waals surface area contributed by atoms with Crippen LogP contribution in [0.3, 0.4) is 0 Å². The van der Waals surface area contributed by atoms with Gasteiger partial charge in [0.2, 0.25) is 0 Å². The topological polar surface area (TPSA) is 66.2 Å². The number of aryl methyl sites for hydroxylation is 1. The Morgan fingerprint density at radius 2 is 2.15 bits per heavy atom. The first-order valence-corrected chi connectivity index (χ1v) is 10.5. The Balaban J connectivity index is 1.45. The van der Waals surface area contributed by atoms with E-state index < -0.39 is 0 Å². The highest BCUT2D eigenvalue weighted by Gasteiger charge is 2.24. The minimum absolute atomic E-state index is 0.0941. The van der Waals surface area contributed by atoms with Crippen molar-refractivity contribution in [2.75, 3.05) is 12.4 Å². The highest BCUT2D eigenvalue weighted by Crippen LogP contribution is 2.31. The Kier molecular flexibility index (Phi) is 5.18. The minimum Gasteiger partial charge on any atom is -0.486 e. The number of fused-ring (bicyclic) bond motifs is 1. The van der Waals surface area contributed by atoms with Crippen molar-refractivity contribution >= 4 is 28.9 Å². The molecular weight excluding hydrogens is 382 g/mol. The van der Waals surface area contributed by atoms with Crippen LogP contribution in [0, 0.1) is 13.8 Å². The molecule has 27 heavy (non-hydrogen) atoms. The normalized spacial score (nSPS) is 15.7. The Morgan fingerprint density at radius 1 is 1.33 bits per heavy atom. The summed E-state index contributed by atoms with van der Waals surface area (Å²) in [6.07, 6.45) is -0.0941. The largest absolute Gasteiger partial charge is 0.486 e. The van der Waals surface area contributed by atoms with Crippen molar-refractivity contribution in [1.82, 2.24) is 14.8 Å². The van der Waals surface area contributed by atoms with Crippen molar-refractivity contribution < 1.29 is 14.3 Å². The molecule has 1 atom stereocenters. The van der Waals surface area contributed by atoms with Crippen molar-refractivity contribution in [3.63, 3.8) is 0 Å². The second-order valence-electron chi connectivity index (χ2n) is 6.31. The summed E-state index contributed by atoms with van der Waals surface area (Å²) < 4.78 is 14.8. The monoisotopic (exact) mass is 401 g/mol. The molecule has 1 unspecified atom stereocenters. The van der Waals surface area contributed by atoms with Gasteiger partial charge in [-0.2, -0.15) is 0 Å². The van der Waals surface area contributed by atoms with Gasteiger partial charge in [0, 0.05) is 17.0 Å². The van der Waals surface area contributed by atoms with Crippen LogP contribution in [0.1, 0.15) is 21.7 Å². The van der Waals surface area contributed by atoms with E-state index in [1.165, 1.54) is 23.1 Å². The molecule has 140 valence electrons. The molecule has 6 nitrogen and oxygen atoms in total. The molecule has 0 saturated carbocycles. The van der Waals surface area contributed by atoms with Gasteiger partial charge in [-0.05, 0) is 32.0 Å². The van der Waals surface area contributed by atoms with E-state index in [9.17, 15) is 4.79 Å². The van der Waals surface area contributed by atoms with Crippen molar-refractivity contribution in [2.24, 2.45) is 0 Å². The lowest BCUT2D eigenvalue weighted by atomic mass is 10.2. The average Bonchev–Trinajstić information content (AvgIpc) is 3.30. The molecule has 0 N–H and O–H groups in total. The van der Waals surface area contributed by atoms with Crippen LogP contribution in [0.4, 0.5) is 0 Å². The highest BCUT2D eigenvalue weighted by atomic mass is 32.2. The SMILES string of the molecule is Cc1cc(C(=O)CSc2nncs2)c(C)n1CC1COc2ccccc2O1. The van der Waals surface area contributed by atoms with Gasteiger partial charge in [-0.3, -0.25) is 4.79 Å². The van der Waals surface area contributed by atoms with Gasteiger partial charge in [0.1, 0.15) is 12.1 Å². The van der Waals surface area contributed by atoms with E-state index in [2.05, 4.69) is 14.8 Å². The number of para-hydroxylation sites is 2. The van der Waals surface area contributed by atoms with Gasteiger partial charge in [0.15, 0.2) is 27.7 Å². The lowest BCUT2D eigenvalue weighted by molar-refractivity contribution is 0.0777. The molecule has 2 aromatic heterocycles. The number of hydrogen-bond donors (Lipinski definition) is 0. The molecule has 1 aliphatic heterocycles. The van der Waals surface area contributed by atoms with Gasteiger partial charge in [-0.1, -0.05) is 35.2 Å². The molecule has 0 radical (unpaired) electrons. The van der Waals surface area contributed by atoms with Crippen LogP contribution < -0.4 is 9.47 Å². The maximum atomic E-state index is 12.6. The quantitative estimate of drug-likeness (QED) is 0.463. The van der Waals surface area contributed by atoms with Crippen LogP contribution in [0.5, 0.6) is 11.5 Å². The maximum absolute atomic E-state index is 12.6. The summed E-state index contributed by atoms with van der Waals surface area (Å²) in [5, 5.41) is 7.76. The van der Waals surface area contributed by atoms with Gasteiger partial charge in [0.25, 0.3) is 0 Å². The number of nitrogens with zero attached hydrogens (tertiary/aromatic N) is 3. The fourth-order valence-corrected chi connectivity index (χ4v) is 4.52. The zero-order chi connectivity index (χ0) is 18.8. The van der Waals surface area contributed by atoms with Crippen molar-refractivity contribution in [2.45, 2.75) is 30.8 Å². The number of Topliss-reactive ketones (excluding diaryl/α,β-unsaturated/α-hetero) is 1. The van der Waals surface area contributed by atoms with Crippen LogP contribution in [0.15, 0.2) is 40.2 Å². The Hall–Kier alpha value is -2.32. The lowest BCUT2D eigenvalue weighted by Gasteiger charge is -2.27. The Bertz CT molecular complexity index is 953. The zero-order valence-corrected chi connectivity index (χ0v) is 16.7. The van der Waals surface area contributed by atoms with Crippen LogP contribution in [-0.4, -0.2) is 39.0 Å². The van der Waals surface area contributed by atoms with Crippen LogP contribution in [-0.2, 0) is 6.54 Å². The van der Waals surface area contributed by atoms with Gasteiger partial charge >= 0.3 is 0 Å². The van der Waals surface area contributed by atoms with Gasteiger partial charge in [-0.25, -0.2) is 0 Å². The number of ketones is 1. The summed E-state index contributed by atoms with van der Waals surface area (Å²) in [6, 6.07) is 9.64.